The van der Waals surface area contributed by atoms with Crippen molar-refractivity contribution in [2.75, 3.05) is 7.11 Å². The minimum Gasteiger partial charge on any atom is -0.508 e. The number of phenols is 1. The number of carbonyl (C=O) groups is 2. The molecule has 0 unspecified atom stereocenters. The van der Waals surface area contributed by atoms with Gasteiger partial charge in [0.05, 0.1) is 7.11 Å². The van der Waals surface area contributed by atoms with E-state index in [-0.39, 0.29) is 18.1 Å². The lowest BCUT2D eigenvalue weighted by Gasteiger charge is -2.17. The normalized spacial score (nSPS) is 11.6. The zero-order valence-corrected chi connectivity index (χ0v) is 14.7. The van der Waals surface area contributed by atoms with Crippen molar-refractivity contribution in [3.63, 3.8) is 0 Å². The monoisotopic (exact) mass is 391 g/mol. The van der Waals surface area contributed by atoms with Crippen LogP contribution in [-0.2, 0) is 21.3 Å². The number of benzene rings is 2. The number of hydrogen-bond donors (Lipinski definition) is 2. The predicted molar refractivity (Wildman–Crippen MR) is 94.2 cm³/mol. The van der Waals surface area contributed by atoms with Gasteiger partial charge in [0.2, 0.25) is 0 Å². The van der Waals surface area contributed by atoms with Gasteiger partial charge in [-0.2, -0.15) is 0 Å². The molecule has 0 saturated carbocycles. The van der Waals surface area contributed by atoms with Crippen LogP contribution in [0, 0.1) is 0 Å². The molecule has 0 fully saturated rings. The summed E-state index contributed by atoms with van der Waals surface area (Å²) in [6.45, 7) is 0. The molecule has 2 rings (SSSR count). The molecular formula is C18H18BrNO4. The Morgan fingerprint density at radius 1 is 1.17 bits per heavy atom. The first-order valence-corrected chi connectivity index (χ1v) is 8.47. The van der Waals surface area contributed by atoms with Gasteiger partial charge in [-0.25, -0.2) is 4.79 Å². The van der Waals surface area contributed by atoms with Crippen LogP contribution in [0.5, 0.6) is 5.75 Å². The number of halogens is 1. The summed E-state index contributed by atoms with van der Waals surface area (Å²) in [5.41, 5.74) is 2.25. The number of amides is 1. The second-order valence-corrected chi connectivity index (χ2v) is 5.81. The first-order chi connectivity index (χ1) is 11.5. The molecule has 5 nitrogen and oxygen atoms in total. The molecule has 0 spiro atoms. The Morgan fingerprint density at radius 3 is 2.50 bits per heavy atom. The molecule has 0 saturated heterocycles. The third-order valence-electron chi connectivity index (χ3n) is 3.51. The number of rotatable bonds is 6. The van der Waals surface area contributed by atoms with E-state index in [0.29, 0.717) is 10.9 Å². The smallest absolute Gasteiger partial charge is 0.328 e. The lowest BCUT2D eigenvalue weighted by molar-refractivity contribution is -0.142. The van der Waals surface area contributed by atoms with Gasteiger partial charge in [0.1, 0.15) is 11.8 Å². The van der Waals surface area contributed by atoms with Crippen molar-refractivity contribution >= 4 is 27.8 Å². The van der Waals surface area contributed by atoms with E-state index in [4.69, 9.17) is 4.74 Å². The fourth-order valence-corrected chi connectivity index (χ4v) is 2.59. The van der Waals surface area contributed by atoms with Crippen LogP contribution in [0.3, 0.4) is 0 Å². The summed E-state index contributed by atoms with van der Waals surface area (Å²) in [4.78, 5) is 24.4. The van der Waals surface area contributed by atoms with Crippen LogP contribution in [0.15, 0.2) is 48.5 Å². The standard InChI is InChI=1S/C18H18BrNO4/c1-24-18(23)16(10-12-5-7-15(21)8-6-12)20-17(22)14-4-2-3-13(9-14)11-19/h2-9,16,21H,10-11H2,1H3,(H,20,22)/t16-/m0/s1. The first kappa shape index (κ1) is 18.0. The molecule has 6 heteroatoms. The van der Waals surface area contributed by atoms with Crippen molar-refractivity contribution in [2.24, 2.45) is 0 Å². The fourth-order valence-electron chi connectivity index (χ4n) is 2.24. The lowest BCUT2D eigenvalue weighted by Crippen LogP contribution is -2.43. The number of methoxy groups -OCH3 is 1. The number of nitrogens with one attached hydrogen (secondary N) is 1. The minimum absolute atomic E-state index is 0.143. The molecule has 0 heterocycles. The first-order valence-electron chi connectivity index (χ1n) is 7.35. The highest BCUT2D eigenvalue weighted by molar-refractivity contribution is 9.08. The molecule has 2 aromatic rings. The molecule has 1 atom stereocenters. The van der Waals surface area contributed by atoms with Crippen LogP contribution in [-0.4, -0.2) is 30.1 Å². The van der Waals surface area contributed by atoms with Gasteiger partial charge in [-0.1, -0.05) is 40.2 Å². The van der Waals surface area contributed by atoms with Gasteiger partial charge in [0, 0.05) is 17.3 Å². The van der Waals surface area contributed by atoms with Crippen molar-refractivity contribution in [2.45, 2.75) is 17.8 Å². The fraction of sp³-hybridized carbons (Fsp3) is 0.222. The van der Waals surface area contributed by atoms with Crippen molar-refractivity contribution in [3.8, 4) is 5.75 Å². The number of alkyl halides is 1. The molecule has 0 aliphatic rings. The molecule has 2 aromatic carbocycles. The molecule has 0 radical (unpaired) electrons. The highest BCUT2D eigenvalue weighted by atomic mass is 79.9. The van der Waals surface area contributed by atoms with Crippen LogP contribution in [0.25, 0.3) is 0 Å². The predicted octanol–water partition coefficient (Wildman–Crippen LogP) is 2.80. The van der Waals surface area contributed by atoms with Crippen molar-refractivity contribution in [1.29, 1.82) is 0 Å². The summed E-state index contributed by atoms with van der Waals surface area (Å²) in [7, 11) is 1.28. The number of ether oxygens (including phenoxy) is 1. The molecule has 0 aliphatic carbocycles. The maximum Gasteiger partial charge on any atom is 0.328 e. The molecule has 2 N–H and O–H groups in total. The minimum atomic E-state index is -0.806. The average Bonchev–Trinajstić information content (AvgIpc) is 2.62. The van der Waals surface area contributed by atoms with E-state index < -0.39 is 12.0 Å². The van der Waals surface area contributed by atoms with E-state index in [0.717, 1.165) is 11.1 Å². The van der Waals surface area contributed by atoms with E-state index in [1.807, 2.05) is 6.07 Å². The summed E-state index contributed by atoms with van der Waals surface area (Å²) in [5.74, 6) is -0.718. The van der Waals surface area contributed by atoms with Crippen LogP contribution in [0.2, 0.25) is 0 Å². The summed E-state index contributed by atoms with van der Waals surface area (Å²) in [6.07, 6.45) is 0.275. The molecule has 0 aliphatic heterocycles. The average molecular weight is 392 g/mol. The highest BCUT2D eigenvalue weighted by Gasteiger charge is 2.22. The molecule has 126 valence electrons. The molecule has 1 amide bonds. The maximum atomic E-state index is 12.4. The van der Waals surface area contributed by atoms with Gasteiger partial charge < -0.3 is 15.2 Å². The summed E-state index contributed by atoms with van der Waals surface area (Å²) in [6, 6.07) is 12.8. The number of carbonyl (C=O) groups excluding carboxylic acids is 2. The van der Waals surface area contributed by atoms with Gasteiger partial charge in [0.15, 0.2) is 0 Å². The lowest BCUT2D eigenvalue weighted by atomic mass is 10.0. The molecule has 0 bridgehead atoms. The van der Waals surface area contributed by atoms with Crippen molar-refractivity contribution < 1.29 is 19.4 Å². The SMILES string of the molecule is COC(=O)[C@H](Cc1ccc(O)cc1)NC(=O)c1cccc(CBr)c1. The van der Waals surface area contributed by atoms with Gasteiger partial charge in [-0.05, 0) is 35.4 Å². The van der Waals surface area contributed by atoms with E-state index >= 15 is 0 Å². The Balaban J connectivity index is 2.14. The van der Waals surface area contributed by atoms with Crippen LogP contribution in [0.1, 0.15) is 21.5 Å². The van der Waals surface area contributed by atoms with Gasteiger partial charge in [0.25, 0.3) is 5.91 Å². The Morgan fingerprint density at radius 2 is 1.88 bits per heavy atom. The zero-order valence-electron chi connectivity index (χ0n) is 13.2. The van der Waals surface area contributed by atoms with Crippen LogP contribution >= 0.6 is 15.9 Å². The Labute approximate surface area is 148 Å². The Bertz CT molecular complexity index is 715. The van der Waals surface area contributed by atoms with E-state index in [9.17, 15) is 14.7 Å². The van der Waals surface area contributed by atoms with Gasteiger partial charge >= 0.3 is 5.97 Å². The Kier molecular flexibility index (Phi) is 6.37. The zero-order chi connectivity index (χ0) is 17.5. The highest BCUT2D eigenvalue weighted by Crippen LogP contribution is 2.13. The largest absolute Gasteiger partial charge is 0.508 e. The maximum absolute atomic E-state index is 12.4. The topological polar surface area (TPSA) is 75.6 Å². The number of phenolic OH excluding ortho intramolecular Hbond substituents is 1. The van der Waals surface area contributed by atoms with Crippen LogP contribution in [0.4, 0.5) is 0 Å². The van der Waals surface area contributed by atoms with E-state index in [2.05, 4.69) is 21.2 Å². The molecular weight excluding hydrogens is 374 g/mol. The van der Waals surface area contributed by atoms with Crippen LogP contribution < -0.4 is 5.32 Å². The van der Waals surface area contributed by atoms with Gasteiger partial charge in [-0.3, -0.25) is 4.79 Å². The second-order valence-electron chi connectivity index (χ2n) is 5.25. The summed E-state index contributed by atoms with van der Waals surface area (Å²) >= 11 is 3.35. The van der Waals surface area contributed by atoms with Crippen molar-refractivity contribution in [3.05, 3.63) is 65.2 Å². The number of aromatic hydroxyl groups is 1. The molecule has 0 aromatic heterocycles. The third kappa shape index (κ3) is 4.83. The summed E-state index contributed by atoms with van der Waals surface area (Å²) in [5, 5.41) is 12.7. The molecule has 24 heavy (non-hydrogen) atoms. The quantitative estimate of drug-likeness (QED) is 0.586. The number of esters is 1. The van der Waals surface area contributed by atoms with Gasteiger partial charge in [-0.15, -0.1) is 0 Å². The third-order valence-corrected chi connectivity index (χ3v) is 4.16. The second kappa shape index (κ2) is 8.49. The summed E-state index contributed by atoms with van der Waals surface area (Å²) < 4.78 is 4.78. The van der Waals surface area contributed by atoms with Crippen molar-refractivity contribution in [1.82, 2.24) is 5.32 Å². The number of hydrogen-bond acceptors (Lipinski definition) is 4. The van der Waals surface area contributed by atoms with E-state index in [1.165, 1.54) is 19.2 Å². The van der Waals surface area contributed by atoms with E-state index in [1.54, 1.807) is 30.3 Å². The Hall–Kier alpha value is -2.34.